The Balaban J connectivity index is 1.75. The Kier molecular flexibility index (Phi) is 4.97. The van der Waals surface area contributed by atoms with Gasteiger partial charge in [0.1, 0.15) is 4.90 Å². The van der Waals surface area contributed by atoms with E-state index in [4.69, 9.17) is 0 Å². The SMILES string of the molecule is O=S(=O)(NCCc1cccc(C(F)(F)F)c1)c1cccc2cccnc12. The molecular formula is C18H15F3N2O2S. The second-order valence-electron chi connectivity index (χ2n) is 5.68. The number of nitrogens with zero attached hydrogens (tertiary/aromatic N) is 1. The summed E-state index contributed by atoms with van der Waals surface area (Å²) in [5, 5.41) is 0.688. The van der Waals surface area contributed by atoms with Crippen LogP contribution in [-0.2, 0) is 22.6 Å². The highest BCUT2D eigenvalue weighted by Gasteiger charge is 2.30. The molecule has 0 bridgehead atoms. The number of halogens is 3. The van der Waals surface area contributed by atoms with Gasteiger partial charge in [0.15, 0.2) is 0 Å². The minimum absolute atomic E-state index is 0.0210. The van der Waals surface area contributed by atoms with E-state index in [1.807, 2.05) is 0 Å². The van der Waals surface area contributed by atoms with Gasteiger partial charge >= 0.3 is 6.18 Å². The Bertz CT molecular complexity index is 1030. The highest BCUT2D eigenvalue weighted by atomic mass is 32.2. The fourth-order valence-electron chi connectivity index (χ4n) is 2.60. The van der Waals surface area contributed by atoms with E-state index in [-0.39, 0.29) is 17.9 Å². The minimum Gasteiger partial charge on any atom is -0.255 e. The quantitative estimate of drug-likeness (QED) is 0.733. The van der Waals surface area contributed by atoms with E-state index >= 15 is 0 Å². The average Bonchev–Trinajstić information content (AvgIpc) is 2.60. The van der Waals surface area contributed by atoms with Crippen LogP contribution in [0.25, 0.3) is 10.9 Å². The number of hydrogen-bond donors (Lipinski definition) is 1. The minimum atomic E-state index is -4.43. The number of benzene rings is 2. The summed E-state index contributed by atoms with van der Waals surface area (Å²) in [6.45, 7) is -0.0210. The van der Waals surface area contributed by atoms with Crippen LogP contribution in [0, 0.1) is 0 Å². The highest BCUT2D eigenvalue weighted by Crippen LogP contribution is 2.29. The number of pyridine rings is 1. The van der Waals surface area contributed by atoms with E-state index in [1.165, 1.54) is 24.4 Å². The molecule has 8 heteroatoms. The van der Waals surface area contributed by atoms with Gasteiger partial charge in [-0.25, -0.2) is 13.1 Å². The first kappa shape index (κ1) is 18.3. The smallest absolute Gasteiger partial charge is 0.255 e. The van der Waals surface area contributed by atoms with Gasteiger partial charge in [0.25, 0.3) is 0 Å². The molecule has 3 rings (SSSR count). The predicted molar refractivity (Wildman–Crippen MR) is 92.1 cm³/mol. The Hall–Kier alpha value is -2.45. The maximum absolute atomic E-state index is 12.7. The molecule has 0 saturated heterocycles. The van der Waals surface area contributed by atoms with Crippen LogP contribution in [0.5, 0.6) is 0 Å². The topological polar surface area (TPSA) is 59.1 Å². The monoisotopic (exact) mass is 380 g/mol. The van der Waals surface area contributed by atoms with Gasteiger partial charge in [0, 0.05) is 18.1 Å². The molecule has 0 atom stereocenters. The van der Waals surface area contributed by atoms with Crippen molar-refractivity contribution in [3.8, 4) is 0 Å². The maximum atomic E-state index is 12.7. The van der Waals surface area contributed by atoms with Gasteiger partial charge in [-0.3, -0.25) is 4.98 Å². The van der Waals surface area contributed by atoms with Crippen molar-refractivity contribution in [2.24, 2.45) is 0 Å². The molecule has 2 aromatic carbocycles. The molecule has 1 heterocycles. The van der Waals surface area contributed by atoms with Gasteiger partial charge in [-0.15, -0.1) is 0 Å². The van der Waals surface area contributed by atoms with Crippen LogP contribution in [0.15, 0.2) is 65.7 Å². The third-order valence-electron chi connectivity index (χ3n) is 3.85. The lowest BCUT2D eigenvalue weighted by Crippen LogP contribution is -2.26. The Morgan fingerprint density at radius 2 is 1.73 bits per heavy atom. The van der Waals surface area contributed by atoms with Crippen LogP contribution in [0.1, 0.15) is 11.1 Å². The Morgan fingerprint density at radius 1 is 1.00 bits per heavy atom. The summed E-state index contributed by atoms with van der Waals surface area (Å²) < 4.78 is 65.7. The largest absolute Gasteiger partial charge is 0.416 e. The zero-order valence-electron chi connectivity index (χ0n) is 13.5. The van der Waals surface area contributed by atoms with Gasteiger partial charge < -0.3 is 0 Å². The molecule has 1 aromatic heterocycles. The van der Waals surface area contributed by atoms with Crippen molar-refractivity contribution in [3.63, 3.8) is 0 Å². The van der Waals surface area contributed by atoms with Crippen LogP contribution in [-0.4, -0.2) is 19.9 Å². The fourth-order valence-corrected chi connectivity index (χ4v) is 3.81. The van der Waals surface area contributed by atoms with Crippen LogP contribution in [0.2, 0.25) is 0 Å². The van der Waals surface area contributed by atoms with Crippen molar-refractivity contribution in [3.05, 3.63) is 71.9 Å². The first-order valence-electron chi connectivity index (χ1n) is 7.77. The zero-order chi connectivity index (χ0) is 18.8. The number of hydrogen-bond acceptors (Lipinski definition) is 3. The lowest BCUT2D eigenvalue weighted by Gasteiger charge is -2.10. The van der Waals surface area contributed by atoms with E-state index in [1.54, 1.807) is 24.3 Å². The molecule has 0 unspecified atom stereocenters. The normalized spacial score (nSPS) is 12.4. The molecule has 0 aliphatic rings. The van der Waals surface area contributed by atoms with Gasteiger partial charge in [0.05, 0.1) is 11.1 Å². The Labute approximate surface area is 148 Å². The third-order valence-corrected chi connectivity index (χ3v) is 5.34. The van der Waals surface area contributed by atoms with E-state index in [0.29, 0.717) is 16.5 Å². The molecule has 0 aliphatic carbocycles. The molecule has 26 heavy (non-hydrogen) atoms. The summed E-state index contributed by atoms with van der Waals surface area (Å²) in [4.78, 5) is 4.15. The van der Waals surface area contributed by atoms with Crippen molar-refractivity contribution in [2.45, 2.75) is 17.5 Å². The zero-order valence-corrected chi connectivity index (χ0v) is 14.3. The molecule has 4 nitrogen and oxygen atoms in total. The maximum Gasteiger partial charge on any atom is 0.416 e. The van der Waals surface area contributed by atoms with Crippen molar-refractivity contribution in [1.29, 1.82) is 0 Å². The van der Waals surface area contributed by atoms with E-state index in [0.717, 1.165) is 12.1 Å². The van der Waals surface area contributed by atoms with Gasteiger partial charge in [-0.05, 0) is 30.2 Å². The summed E-state index contributed by atoms with van der Waals surface area (Å²) in [5.74, 6) is 0. The summed E-state index contributed by atoms with van der Waals surface area (Å²) in [6, 6.07) is 13.1. The number of rotatable bonds is 5. The molecule has 0 spiro atoms. The first-order chi connectivity index (χ1) is 12.3. The van der Waals surface area contributed by atoms with Gasteiger partial charge in [0.2, 0.25) is 10.0 Å². The van der Waals surface area contributed by atoms with Crippen molar-refractivity contribution < 1.29 is 21.6 Å². The van der Waals surface area contributed by atoms with E-state index < -0.39 is 21.8 Å². The molecule has 0 saturated carbocycles. The molecule has 0 aliphatic heterocycles. The lowest BCUT2D eigenvalue weighted by atomic mass is 10.1. The molecular weight excluding hydrogens is 365 g/mol. The number of para-hydroxylation sites is 1. The van der Waals surface area contributed by atoms with Gasteiger partial charge in [-0.1, -0.05) is 36.4 Å². The van der Waals surface area contributed by atoms with Crippen LogP contribution >= 0.6 is 0 Å². The molecule has 1 N–H and O–H groups in total. The average molecular weight is 380 g/mol. The second kappa shape index (κ2) is 7.05. The number of fused-ring (bicyclic) bond motifs is 1. The predicted octanol–water partition coefficient (Wildman–Crippen LogP) is 3.77. The van der Waals surface area contributed by atoms with Crippen LogP contribution in [0.3, 0.4) is 0 Å². The van der Waals surface area contributed by atoms with Crippen molar-refractivity contribution in [1.82, 2.24) is 9.71 Å². The fraction of sp³-hybridized carbons (Fsp3) is 0.167. The summed E-state index contributed by atoms with van der Waals surface area (Å²) in [7, 11) is -3.83. The van der Waals surface area contributed by atoms with Crippen LogP contribution < -0.4 is 4.72 Å². The van der Waals surface area contributed by atoms with Crippen molar-refractivity contribution >= 4 is 20.9 Å². The summed E-state index contributed by atoms with van der Waals surface area (Å²) in [5.41, 5.74) is -0.00347. The standard InChI is InChI=1S/C18H15F3N2O2S/c19-18(20,21)15-7-1-4-13(12-15)9-11-23-26(24,25)16-8-2-5-14-6-3-10-22-17(14)16/h1-8,10,12,23H,9,11H2. The highest BCUT2D eigenvalue weighted by molar-refractivity contribution is 7.89. The van der Waals surface area contributed by atoms with E-state index in [2.05, 4.69) is 9.71 Å². The molecule has 0 fully saturated rings. The first-order valence-corrected chi connectivity index (χ1v) is 9.25. The summed E-state index contributed by atoms with van der Waals surface area (Å²) >= 11 is 0. The number of sulfonamides is 1. The van der Waals surface area contributed by atoms with Crippen molar-refractivity contribution in [2.75, 3.05) is 6.54 Å². The number of aromatic nitrogens is 1. The van der Waals surface area contributed by atoms with E-state index in [9.17, 15) is 21.6 Å². The second-order valence-corrected chi connectivity index (χ2v) is 7.41. The number of nitrogens with one attached hydrogen (secondary N) is 1. The third kappa shape index (κ3) is 4.03. The lowest BCUT2D eigenvalue weighted by molar-refractivity contribution is -0.137. The summed E-state index contributed by atoms with van der Waals surface area (Å²) in [6.07, 6.45) is -2.78. The van der Waals surface area contributed by atoms with Crippen LogP contribution in [0.4, 0.5) is 13.2 Å². The molecule has 0 amide bonds. The number of alkyl halides is 3. The van der Waals surface area contributed by atoms with Gasteiger partial charge in [-0.2, -0.15) is 13.2 Å². The molecule has 136 valence electrons. The molecule has 0 radical (unpaired) electrons. The Morgan fingerprint density at radius 3 is 2.50 bits per heavy atom. The molecule has 3 aromatic rings.